The molecule has 0 aliphatic carbocycles. The molecule has 0 radical (unpaired) electrons. The van der Waals surface area contributed by atoms with Crippen LogP contribution in [0, 0.1) is 0 Å². The number of halogens is 3. The van der Waals surface area contributed by atoms with Gasteiger partial charge < -0.3 is 5.32 Å². The Hall–Kier alpha value is -3.27. The van der Waals surface area contributed by atoms with Crippen LogP contribution < -0.4 is 5.32 Å². The van der Waals surface area contributed by atoms with Gasteiger partial charge in [-0.25, -0.2) is 14.5 Å². The van der Waals surface area contributed by atoms with Gasteiger partial charge in [0.1, 0.15) is 5.69 Å². The van der Waals surface area contributed by atoms with E-state index in [0.29, 0.717) is 0 Å². The summed E-state index contributed by atoms with van der Waals surface area (Å²) in [6.45, 7) is 3.96. The van der Waals surface area contributed by atoms with E-state index in [9.17, 15) is 18.0 Å². The van der Waals surface area contributed by atoms with E-state index in [0.717, 1.165) is 11.8 Å². The van der Waals surface area contributed by atoms with Crippen LogP contribution in [0.25, 0.3) is 16.9 Å². The Kier molecular flexibility index (Phi) is 5.02. The molecule has 0 spiro atoms. The van der Waals surface area contributed by atoms with Crippen molar-refractivity contribution in [2.24, 2.45) is 0 Å². The minimum Gasteiger partial charge on any atom is -0.315 e. The van der Waals surface area contributed by atoms with Gasteiger partial charge in [0.15, 0.2) is 10.7 Å². The Balaban J connectivity index is 1.70. The van der Waals surface area contributed by atoms with Gasteiger partial charge in [0, 0.05) is 17.1 Å². The third-order valence-corrected chi connectivity index (χ3v) is 5.29. The molecule has 1 N–H and O–H groups in total. The van der Waals surface area contributed by atoms with Crippen LogP contribution in [0.2, 0.25) is 0 Å². The Bertz CT molecular complexity index is 1230. The lowest BCUT2D eigenvalue weighted by molar-refractivity contribution is -0.137. The average molecular weight is 431 g/mol. The standard InChI is InChI=1S/C20H16F3N5OS/c1-11(2)16-10-30-19(27-16)18(29)26-15-9-24-28-8-7-14(25-17(15)28)12-5-3-4-6-13(12)20(21,22)23/h3-11H,1-2H3,(H,26,29). The predicted molar refractivity (Wildman–Crippen MR) is 108 cm³/mol. The maximum absolute atomic E-state index is 13.4. The Morgan fingerprint density at radius 2 is 1.93 bits per heavy atom. The van der Waals surface area contributed by atoms with Crippen molar-refractivity contribution in [2.45, 2.75) is 25.9 Å². The molecule has 0 aliphatic heterocycles. The summed E-state index contributed by atoms with van der Waals surface area (Å²) in [4.78, 5) is 21.2. The van der Waals surface area contributed by atoms with Gasteiger partial charge in [-0.05, 0) is 18.1 Å². The maximum Gasteiger partial charge on any atom is 0.417 e. The van der Waals surface area contributed by atoms with Crippen molar-refractivity contribution in [3.05, 3.63) is 64.4 Å². The summed E-state index contributed by atoms with van der Waals surface area (Å²) < 4.78 is 41.5. The Morgan fingerprint density at radius 3 is 2.63 bits per heavy atom. The minimum atomic E-state index is -4.51. The number of alkyl halides is 3. The first-order chi connectivity index (χ1) is 14.2. The van der Waals surface area contributed by atoms with Gasteiger partial charge in [0.2, 0.25) is 0 Å². The highest BCUT2D eigenvalue weighted by molar-refractivity contribution is 7.11. The molecule has 0 saturated carbocycles. The van der Waals surface area contributed by atoms with Gasteiger partial charge >= 0.3 is 6.18 Å². The highest BCUT2D eigenvalue weighted by atomic mass is 32.1. The number of rotatable bonds is 4. The van der Waals surface area contributed by atoms with E-state index in [4.69, 9.17) is 0 Å². The van der Waals surface area contributed by atoms with Gasteiger partial charge in [0.05, 0.1) is 23.1 Å². The molecule has 10 heteroatoms. The van der Waals surface area contributed by atoms with Crippen molar-refractivity contribution in [3.63, 3.8) is 0 Å². The van der Waals surface area contributed by atoms with Crippen molar-refractivity contribution in [3.8, 4) is 11.3 Å². The fraction of sp³-hybridized carbons (Fsp3) is 0.200. The molecule has 0 saturated heterocycles. The zero-order valence-corrected chi connectivity index (χ0v) is 16.8. The number of nitrogens with one attached hydrogen (secondary N) is 1. The Labute approximate surface area is 173 Å². The number of thiazole rings is 1. The zero-order valence-electron chi connectivity index (χ0n) is 15.9. The molecule has 0 unspecified atom stereocenters. The van der Waals surface area contributed by atoms with E-state index in [1.807, 2.05) is 19.2 Å². The highest BCUT2D eigenvalue weighted by Crippen LogP contribution is 2.36. The first kappa shape index (κ1) is 20.0. The van der Waals surface area contributed by atoms with Crippen LogP contribution in [0.15, 0.2) is 48.1 Å². The number of nitrogens with zero attached hydrogens (tertiary/aromatic N) is 4. The molecule has 4 rings (SSSR count). The molecule has 0 bridgehead atoms. The van der Waals surface area contributed by atoms with E-state index in [-0.39, 0.29) is 33.5 Å². The van der Waals surface area contributed by atoms with Crippen molar-refractivity contribution in [1.82, 2.24) is 19.6 Å². The number of aromatic nitrogens is 4. The van der Waals surface area contributed by atoms with Gasteiger partial charge in [-0.1, -0.05) is 32.0 Å². The Morgan fingerprint density at radius 1 is 1.17 bits per heavy atom. The second kappa shape index (κ2) is 7.52. The van der Waals surface area contributed by atoms with Crippen LogP contribution in [-0.2, 0) is 6.18 Å². The molecule has 0 atom stereocenters. The normalized spacial score (nSPS) is 11.9. The molecule has 0 fully saturated rings. The highest BCUT2D eigenvalue weighted by Gasteiger charge is 2.33. The number of hydrogen-bond acceptors (Lipinski definition) is 5. The summed E-state index contributed by atoms with van der Waals surface area (Å²) in [5, 5.41) is 8.91. The second-order valence-electron chi connectivity index (χ2n) is 6.87. The van der Waals surface area contributed by atoms with Gasteiger partial charge in [-0.15, -0.1) is 11.3 Å². The molecule has 3 heterocycles. The lowest BCUT2D eigenvalue weighted by Crippen LogP contribution is -2.12. The maximum atomic E-state index is 13.4. The second-order valence-corrected chi connectivity index (χ2v) is 7.73. The molecule has 30 heavy (non-hydrogen) atoms. The van der Waals surface area contributed by atoms with Crippen molar-refractivity contribution in [1.29, 1.82) is 0 Å². The van der Waals surface area contributed by atoms with E-state index in [1.165, 1.54) is 52.5 Å². The number of anilines is 1. The van der Waals surface area contributed by atoms with Crippen LogP contribution in [0.5, 0.6) is 0 Å². The lowest BCUT2D eigenvalue weighted by Gasteiger charge is -2.12. The van der Waals surface area contributed by atoms with Gasteiger partial charge in [-0.3, -0.25) is 4.79 Å². The van der Waals surface area contributed by atoms with Crippen LogP contribution >= 0.6 is 11.3 Å². The van der Waals surface area contributed by atoms with Crippen LogP contribution in [0.3, 0.4) is 0 Å². The van der Waals surface area contributed by atoms with Crippen LogP contribution in [-0.4, -0.2) is 25.5 Å². The number of fused-ring (bicyclic) bond motifs is 1. The fourth-order valence-electron chi connectivity index (χ4n) is 2.89. The monoisotopic (exact) mass is 431 g/mol. The third kappa shape index (κ3) is 3.78. The molecule has 1 amide bonds. The molecule has 6 nitrogen and oxygen atoms in total. The van der Waals surface area contributed by atoms with Crippen molar-refractivity contribution in [2.75, 3.05) is 5.32 Å². The number of hydrogen-bond donors (Lipinski definition) is 1. The molecule has 3 aromatic heterocycles. The molecular weight excluding hydrogens is 415 g/mol. The molecule has 1 aromatic carbocycles. The summed E-state index contributed by atoms with van der Waals surface area (Å²) >= 11 is 1.22. The molecule has 154 valence electrons. The minimum absolute atomic E-state index is 0.0486. The summed E-state index contributed by atoms with van der Waals surface area (Å²) in [6, 6.07) is 6.67. The van der Waals surface area contributed by atoms with Crippen molar-refractivity contribution < 1.29 is 18.0 Å². The number of amides is 1. The van der Waals surface area contributed by atoms with E-state index in [1.54, 1.807) is 0 Å². The molecule has 4 aromatic rings. The van der Waals surface area contributed by atoms with E-state index >= 15 is 0 Å². The van der Waals surface area contributed by atoms with Crippen LogP contribution in [0.4, 0.5) is 18.9 Å². The van der Waals surface area contributed by atoms with Gasteiger partial charge in [0.25, 0.3) is 5.91 Å². The first-order valence-electron chi connectivity index (χ1n) is 9.02. The average Bonchev–Trinajstić information content (AvgIpc) is 3.35. The molecule has 0 aliphatic rings. The third-order valence-electron chi connectivity index (χ3n) is 4.43. The summed E-state index contributed by atoms with van der Waals surface area (Å²) in [5.41, 5.74) is 0.631. The summed E-state index contributed by atoms with van der Waals surface area (Å²) in [7, 11) is 0. The largest absolute Gasteiger partial charge is 0.417 e. The quantitative estimate of drug-likeness (QED) is 0.479. The number of carbonyl (C=O) groups is 1. The number of benzene rings is 1. The smallest absolute Gasteiger partial charge is 0.315 e. The lowest BCUT2D eigenvalue weighted by atomic mass is 10.0. The first-order valence-corrected chi connectivity index (χ1v) is 9.90. The topological polar surface area (TPSA) is 72.2 Å². The van der Waals surface area contributed by atoms with Crippen LogP contribution in [0.1, 0.15) is 40.8 Å². The fourth-order valence-corrected chi connectivity index (χ4v) is 3.77. The van der Waals surface area contributed by atoms with Gasteiger partial charge in [-0.2, -0.15) is 18.3 Å². The summed E-state index contributed by atoms with van der Waals surface area (Å²) in [6.07, 6.45) is -1.61. The van der Waals surface area contributed by atoms with E-state index < -0.39 is 17.6 Å². The molecular formula is C20H16F3N5OS. The summed E-state index contributed by atoms with van der Waals surface area (Å²) in [5.74, 6) is -0.234. The van der Waals surface area contributed by atoms with E-state index in [2.05, 4.69) is 20.4 Å². The predicted octanol–water partition coefficient (Wildman–Crippen LogP) is 5.25. The zero-order chi connectivity index (χ0) is 21.5. The SMILES string of the molecule is CC(C)c1csc(C(=O)Nc2cnn3ccc(-c4ccccc4C(F)(F)F)nc23)n1. The van der Waals surface area contributed by atoms with Crippen molar-refractivity contribution >= 4 is 28.6 Å². The number of carbonyl (C=O) groups excluding carboxylic acids is 1.